The summed E-state index contributed by atoms with van der Waals surface area (Å²) in [7, 11) is 0. The third-order valence-electron chi connectivity index (χ3n) is 7.41. The molecule has 40 heavy (non-hydrogen) atoms. The molecule has 0 amide bonds. The molecule has 3 aromatic carbocycles. The Balaban J connectivity index is 1.12. The Morgan fingerprint density at radius 3 is 2.55 bits per heavy atom. The lowest BCUT2D eigenvalue weighted by molar-refractivity contribution is 0.0322. The van der Waals surface area contributed by atoms with Crippen LogP contribution < -0.4 is 15.4 Å². The Kier molecular flexibility index (Phi) is 8.32. The molecule has 0 unspecified atom stereocenters. The first-order valence-electron chi connectivity index (χ1n) is 13.9. The zero-order chi connectivity index (χ0) is 27.1. The summed E-state index contributed by atoms with van der Waals surface area (Å²) in [5.74, 6) is 1.39. The van der Waals surface area contributed by atoms with E-state index < -0.39 is 0 Å². The summed E-state index contributed by atoms with van der Waals surface area (Å²) in [6.07, 6.45) is 1.85. The zero-order valence-electron chi connectivity index (χ0n) is 22.6. The van der Waals surface area contributed by atoms with Gasteiger partial charge < -0.3 is 20.1 Å². The van der Waals surface area contributed by atoms with Gasteiger partial charge in [-0.25, -0.2) is 14.4 Å². The highest BCUT2D eigenvalue weighted by molar-refractivity contribution is 5.94. The zero-order valence-corrected chi connectivity index (χ0v) is 22.6. The lowest BCUT2D eigenvalue weighted by atomic mass is 10.0. The first kappa shape index (κ1) is 26.4. The number of hydrogen-bond donors (Lipinski definition) is 2. The van der Waals surface area contributed by atoms with Gasteiger partial charge in [0.1, 0.15) is 19.0 Å². The van der Waals surface area contributed by atoms with E-state index in [-0.39, 0.29) is 6.67 Å². The molecule has 4 aromatic rings. The van der Waals surface area contributed by atoms with Gasteiger partial charge in [-0.05, 0) is 42.0 Å². The van der Waals surface area contributed by atoms with Gasteiger partial charge in [0.05, 0.1) is 24.8 Å². The van der Waals surface area contributed by atoms with Crippen LogP contribution >= 0.6 is 0 Å². The summed E-state index contributed by atoms with van der Waals surface area (Å²) in [4.78, 5) is 13.9. The Morgan fingerprint density at radius 1 is 0.925 bits per heavy atom. The van der Waals surface area contributed by atoms with E-state index in [0.29, 0.717) is 25.1 Å². The Morgan fingerprint density at radius 2 is 1.73 bits per heavy atom. The van der Waals surface area contributed by atoms with E-state index in [1.807, 2.05) is 54.7 Å². The van der Waals surface area contributed by atoms with Crippen molar-refractivity contribution in [2.45, 2.75) is 6.04 Å². The number of likely N-dealkylation sites (tertiary alicyclic amines) is 1. The highest BCUT2D eigenvalue weighted by atomic mass is 19.1. The van der Waals surface area contributed by atoms with E-state index in [0.717, 1.165) is 85.1 Å². The van der Waals surface area contributed by atoms with Crippen LogP contribution in [0.2, 0.25) is 0 Å². The molecule has 2 fully saturated rings. The third kappa shape index (κ3) is 6.50. The van der Waals surface area contributed by atoms with Crippen molar-refractivity contribution < 1.29 is 13.9 Å². The standard InChI is InChI=1S/C31H35FN6O2/c32-11-12-38-21-27(22-38)34-25-7-9-26(10-8-25)35-31-33-20-24-4-2-6-29(30(24)36-31)23-3-1-5-28(19-23)40-18-15-37-13-16-39-17-14-37/h1-10,19-20,27,34H,11-18,21-22H2,(H,33,35,36). The number of alkyl halides is 1. The van der Waals surface area contributed by atoms with Gasteiger partial charge in [-0.15, -0.1) is 0 Å². The number of benzene rings is 3. The molecule has 0 bridgehead atoms. The van der Waals surface area contributed by atoms with Gasteiger partial charge in [-0.1, -0.05) is 30.3 Å². The molecule has 9 heteroatoms. The van der Waals surface area contributed by atoms with Gasteiger partial charge in [0, 0.05) is 67.8 Å². The van der Waals surface area contributed by atoms with Crippen molar-refractivity contribution in [3.63, 3.8) is 0 Å². The molecule has 0 radical (unpaired) electrons. The number of fused-ring (bicyclic) bond motifs is 1. The van der Waals surface area contributed by atoms with E-state index in [1.165, 1.54) is 0 Å². The Bertz CT molecular complexity index is 1410. The number of para-hydroxylation sites is 1. The molecule has 8 nitrogen and oxygen atoms in total. The average Bonchev–Trinajstić information content (AvgIpc) is 2.97. The smallest absolute Gasteiger partial charge is 0.227 e. The van der Waals surface area contributed by atoms with Gasteiger partial charge >= 0.3 is 0 Å². The van der Waals surface area contributed by atoms with E-state index in [9.17, 15) is 4.39 Å². The molecule has 2 aliphatic rings. The highest BCUT2D eigenvalue weighted by Gasteiger charge is 2.25. The number of anilines is 3. The van der Waals surface area contributed by atoms with Crippen molar-refractivity contribution in [2.75, 3.05) is 76.4 Å². The van der Waals surface area contributed by atoms with Crippen molar-refractivity contribution in [1.29, 1.82) is 0 Å². The van der Waals surface area contributed by atoms with Crippen molar-refractivity contribution >= 4 is 28.2 Å². The summed E-state index contributed by atoms with van der Waals surface area (Å²) in [5, 5.41) is 7.82. The average molecular weight is 543 g/mol. The number of nitrogens with one attached hydrogen (secondary N) is 2. The minimum atomic E-state index is -0.290. The SMILES string of the molecule is FCCN1CC(Nc2ccc(Nc3ncc4cccc(-c5cccc(OCCN6CCOCC6)c5)c4n3)cc2)C1. The van der Waals surface area contributed by atoms with Gasteiger partial charge in [0.2, 0.25) is 5.95 Å². The van der Waals surface area contributed by atoms with Crippen LogP contribution in [-0.2, 0) is 4.74 Å². The second kappa shape index (κ2) is 12.6. The fraction of sp³-hybridized carbons (Fsp3) is 0.355. The third-order valence-corrected chi connectivity index (χ3v) is 7.41. The quantitative estimate of drug-likeness (QED) is 0.280. The second-order valence-corrected chi connectivity index (χ2v) is 10.3. The van der Waals surface area contributed by atoms with Crippen LogP contribution in [0.1, 0.15) is 0 Å². The molecular weight excluding hydrogens is 507 g/mol. The number of rotatable bonds is 11. The Hall–Kier alpha value is -3.79. The monoisotopic (exact) mass is 542 g/mol. The van der Waals surface area contributed by atoms with Gasteiger partial charge in [-0.3, -0.25) is 9.80 Å². The summed E-state index contributed by atoms with van der Waals surface area (Å²) in [5.41, 5.74) is 4.92. The molecule has 6 rings (SSSR count). The molecule has 1 aromatic heterocycles. The largest absolute Gasteiger partial charge is 0.492 e. The van der Waals surface area contributed by atoms with Crippen molar-refractivity contribution in [2.24, 2.45) is 0 Å². The number of aromatic nitrogens is 2. The number of ether oxygens (including phenoxy) is 2. The van der Waals surface area contributed by atoms with E-state index in [4.69, 9.17) is 14.5 Å². The van der Waals surface area contributed by atoms with E-state index in [1.54, 1.807) is 0 Å². The number of hydrogen-bond acceptors (Lipinski definition) is 8. The first-order chi connectivity index (χ1) is 19.7. The fourth-order valence-corrected chi connectivity index (χ4v) is 5.20. The number of nitrogens with zero attached hydrogens (tertiary/aromatic N) is 4. The molecule has 2 N–H and O–H groups in total. The fourth-order valence-electron chi connectivity index (χ4n) is 5.20. The first-order valence-corrected chi connectivity index (χ1v) is 13.9. The summed E-state index contributed by atoms with van der Waals surface area (Å²) in [6, 6.07) is 22.8. The maximum Gasteiger partial charge on any atom is 0.227 e. The minimum Gasteiger partial charge on any atom is -0.492 e. The molecular formula is C31H35FN6O2. The van der Waals surface area contributed by atoms with Crippen molar-refractivity contribution in [1.82, 2.24) is 19.8 Å². The van der Waals surface area contributed by atoms with Crippen LogP contribution in [0, 0.1) is 0 Å². The van der Waals surface area contributed by atoms with Crippen LogP contribution in [0.25, 0.3) is 22.0 Å². The van der Waals surface area contributed by atoms with Gasteiger partial charge in [-0.2, -0.15) is 0 Å². The molecule has 0 aliphatic carbocycles. The van der Waals surface area contributed by atoms with Crippen molar-refractivity contribution in [3.8, 4) is 16.9 Å². The highest BCUT2D eigenvalue weighted by Crippen LogP contribution is 2.30. The lowest BCUT2D eigenvalue weighted by Crippen LogP contribution is -2.55. The molecule has 0 saturated carbocycles. The maximum atomic E-state index is 12.5. The molecule has 0 atom stereocenters. The van der Waals surface area contributed by atoms with Gasteiger partial charge in [0.25, 0.3) is 0 Å². The second-order valence-electron chi connectivity index (χ2n) is 10.3. The molecule has 3 heterocycles. The van der Waals surface area contributed by atoms with Crippen molar-refractivity contribution in [3.05, 3.63) is 72.9 Å². The van der Waals surface area contributed by atoms with Crippen LogP contribution in [0.5, 0.6) is 5.75 Å². The summed E-state index contributed by atoms with van der Waals surface area (Å²) < 4.78 is 24.0. The molecule has 2 saturated heterocycles. The normalized spacial score (nSPS) is 16.5. The maximum absolute atomic E-state index is 12.5. The van der Waals surface area contributed by atoms with E-state index >= 15 is 0 Å². The lowest BCUT2D eigenvalue weighted by Gasteiger charge is -2.39. The molecule has 0 spiro atoms. The van der Waals surface area contributed by atoms with Gasteiger partial charge in [0.15, 0.2) is 0 Å². The number of morpholine rings is 1. The summed E-state index contributed by atoms with van der Waals surface area (Å²) in [6.45, 7) is 7.01. The molecule has 2 aliphatic heterocycles. The van der Waals surface area contributed by atoms with Crippen LogP contribution in [-0.4, -0.2) is 91.6 Å². The predicted molar refractivity (Wildman–Crippen MR) is 157 cm³/mol. The van der Waals surface area contributed by atoms with Crippen LogP contribution in [0.3, 0.4) is 0 Å². The topological polar surface area (TPSA) is 74.8 Å². The Labute approximate surface area is 234 Å². The number of halogens is 1. The molecule has 208 valence electrons. The van der Waals surface area contributed by atoms with Crippen LogP contribution in [0.15, 0.2) is 72.9 Å². The van der Waals surface area contributed by atoms with E-state index in [2.05, 4.69) is 43.6 Å². The summed E-state index contributed by atoms with van der Waals surface area (Å²) >= 11 is 0. The minimum absolute atomic E-state index is 0.290. The predicted octanol–water partition coefficient (Wildman–Crippen LogP) is 4.82. The van der Waals surface area contributed by atoms with Crippen LogP contribution in [0.4, 0.5) is 21.7 Å².